The number of urea groups is 1. The zero-order valence-electron chi connectivity index (χ0n) is 14.1. The summed E-state index contributed by atoms with van der Waals surface area (Å²) < 4.78 is 5.22. The Labute approximate surface area is 151 Å². The number of benzene rings is 2. The van der Waals surface area contributed by atoms with Crippen LogP contribution in [0.1, 0.15) is 11.1 Å². The van der Waals surface area contributed by atoms with E-state index in [-0.39, 0.29) is 6.54 Å². The fourth-order valence-electron chi connectivity index (χ4n) is 2.14. The van der Waals surface area contributed by atoms with Crippen LogP contribution in [0.2, 0.25) is 5.02 Å². The molecule has 0 radical (unpaired) electrons. The highest BCUT2D eigenvalue weighted by Gasteiger charge is 2.10. The van der Waals surface area contributed by atoms with Gasteiger partial charge in [-0.2, -0.15) is 0 Å². The van der Waals surface area contributed by atoms with Crippen molar-refractivity contribution in [3.63, 3.8) is 0 Å². The topological polar surface area (TPSA) is 79.5 Å². The maximum absolute atomic E-state index is 11.9. The van der Waals surface area contributed by atoms with E-state index >= 15 is 0 Å². The molecule has 2 rings (SSSR count). The average Bonchev–Trinajstić information content (AvgIpc) is 2.61. The third-order valence-corrected chi connectivity index (χ3v) is 3.88. The normalized spacial score (nSPS) is 10.0. The summed E-state index contributed by atoms with van der Waals surface area (Å²) >= 11 is 6.04. The second-order valence-electron chi connectivity index (χ2n) is 5.37. The van der Waals surface area contributed by atoms with Crippen molar-refractivity contribution in [1.82, 2.24) is 10.6 Å². The molecule has 0 fully saturated rings. The molecular weight excluding hydrogens is 342 g/mol. The SMILES string of the molecule is COc1cc(Cl)c(C)cc1NCC(=O)NC(=O)NCc1ccccc1. The molecule has 2 aromatic carbocycles. The summed E-state index contributed by atoms with van der Waals surface area (Å²) in [6, 6.07) is 12.3. The van der Waals surface area contributed by atoms with Gasteiger partial charge in [0, 0.05) is 17.6 Å². The first-order valence-corrected chi connectivity index (χ1v) is 8.07. The van der Waals surface area contributed by atoms with Crippen molar-refractivity contribution in [3.05, 3.63) is 58.6 Å². The van der Waals surface area contributed by atoms with Crippen molar-refractivity contribution in [2.45, 2.75) is 13.5 Å². The monoisotopic (exact) mass is 361 g/mol. The summed E-state index contributed by atoms with van der Waals surface area (Å²) in [6.07, 6.45) is 0. The maximum Gasteiger partial charge on any atom is 0.321 e. The molecule has 0 aromatic heterocycles. The molecule has 0 aliphatic heterocycles. The molecule has 2 aromatic rings. The van der Waals surface area contributed by atoms with Gasteiger partial charge in [-0.1, -0.05) is 41.9 Å². The van der Waals surface area contributed by atoms with E-state index < -0.39 is 11.9 Å². The van der Waals surface area contributed by atoms with Crippen LogP contribution in [0.4, 0.5) is 10.5 Å². The van der Waals surface area contributed by atoms with Gasteiger partial charge >= 0.3 is 6.03 Å². The second-order valence-corrected chi connectivity index (χ2v) is 5.78. The van der Waals surface area contributed by atoms with Gasteiger partial charge in [-0.05, 0) is 24.1 Å². The number of rotatable bonds is 6. The highest BCUT2D eigenvalue weighted by Crippen LogP contribution is 2.30. The summed E-state index contributed by atoms with van der Waals surface area (Å²) in [7, 11) is 1.52. The number of carbonyl (C=O) groups excluding carboxylic acids is 2. The number of halogens is 1. The number of anilines is 1. The molecule has 0 aliphatic carbocycles. The summed E-state index contributed by atoms with van der Waals surface area (Å²) in [6.45, 7) is 2.12. The van der Waals surface area contributed by atoms with Crippen LogP contribution < -0.4 is 20.7 Å². The van der Waals surface area contributed by atoms with Gasteiger partial charge in [-0.3, -0.25) is 10.1 Å². The molecule has 3 N–H and O–H groups in total. The van der Waals surface area contributed by atoms with Crippen LogP contribution in [0, 0.1) is 6.92 Å². The highest BCUT2D eigenvalue weighted by molar-refractivity contribution is 6.31. The van der Waals surface area contributed by atoms with Crippen LogP contribution in [-0.2, 0) is 11.3 Å². The van der Waals surface area contributed by atoms with E-state index in [1.165, 1.54) is 7.11 Å². The van der Waals surface area contributed by atoms with E-state index in [4.69, 9.17) is 16.3 Å². The Morgan fingerprint density at radius 3 is 2.56 bits per heavy atom. The molecule has 0 atom stereocenters. The Bertz CT molecular complexity index is 751. The molecule has 0 bridgehead atoms. The quantitative estimate of drug-likeness (QED) is 0.738. The molecular formula is C18H20ClN3O3. The molecule has 0 unspecified atom stereocenters. The van der Waals surface area contributed by atoms with Crippen LogP contribution in [0.15, 0.2) is 42.5 Å². The van der Waals surface area contributed by atoms with E-state index in [1.54, 1.807) is 12.1 Å². The third-order valence-electron chi connectivity index (χ3n) is 3.47. The van der Waals surface area contributed by atoms with E-state index in [0.29, 0.717) is 23.0 Å². The number of ether oxygens (including phenoxy) is 1. The second kappa shape index (κ2) is 8.94. The van der Waals surface area contributed by atoms with Gasteiger partial charge in [-0.15, -0.1) is 0 Å². The zero-order valence-corrected chi connectivity index (χ0v) is 14.8. The molecule has 0 saturated carbocycles. The fourth-order valence-corrected chi connectivity index (χ4v) is 2.29. The average molecular weight is 362 g/mol. The molecule has 0 spiro atoms. The maximum atomic E-state index is 11.9. The van der Waals surface area contributed by atoms with Gasteiger partial charge in [0.2, 0.25) is 5.91 Å². The number of carbonyl (C=O) groups is 2. The van der Waals surface area contributed by atoms with Gasteiger partial charge < -0.3 is 15.4 Å². The van der Waals surface area contributed by atoms with Crippen molar-refractivity contribution < 1.29 is 14.3 Å². The summed E-state index contributed by atoms with van der Waals surface area (Å²) in [5, 5.41) is 8.40. The molecule has 7 heteroatoms. The Kier molecular flexibility index (Phi) is 6.65. The van der Waals surface area contributed by atoms with E-state index in [9.17, 15) is 9.59 Å². The lowest BCUT2D eigenvalue weighted by Crippen LogP contribution is -2.41. The fraction of sp³-hybridized carbons (Fsp3) is 0.222. The summed E-state index contributed by atoms with van der Waals surface area (Å²) in [4.78, 5) is 23.6. The lowest BCUT2D eigenvalue weighted by molar-refractivity contribution is -0.118. The van der Waals surface area contributed by atoms with Crippen LogP contribution in [-0.4, -0.2) is 25.6 Å². The molecule has 0 saturated heterocycles. The van der Waals surface area contributed by atoms with E-state index in [2.05, 4.69) is 16.0 Å². The van der Waals surface area contributed by atoms with Crippen LogP contribution >= 0.6 is 11.6 Å². The van der Waals surface area contributed by atoms with Crippen molar-refractivity contribution in [2.24, 2.45) is 0 Å². The minimum Gasteiger partial charge on any atom is -0.495 e. The van der Waals surface area contributed by atoms with Crippen molar-refractivity contribution in [3.8, 4) is 5.75 Å². The number of hydrogen-bond acceptors (Lipinski definition) is 4. The van der Waals surface area contributed by atoms with Gasteiger partial charge in [0.05, 0.1) is 19.3 Å². The smallest absolute Gasteiger partial charge is 0.321 e. The van der Waals surface area contributed by atoms with E-state index in [1.807, 2.05) is 37.3 Å². The van der Waals surface area contributed by atoms with Crippen molar-refractivity contribution in [1.29, 1.82) is 0 Å². The number of aryl methyl sites for hydroxylation is 1. The number of methoxy groups -OCH3 is 1. The molecule has 132 valence electrons. The number of imide groups is 1. The number of nitrogens with one attached hydrogen (secondary N) is 3. The minimum absolute atomic E-state index is 0.0732. The Morgan fingerprint density at radius 2 is 1.88 bits per heavy atom. The third kappa shape index (κ3) is 5.69. The Morgan fingerprint density at radius 1 is 1.16 bits per heavy atom. The van der Waals surface area contributed by atoms with Gasteiger partial charge in [0.25, 0.3) is 0 Å². The predicted octanol–water partition coefficient (Wildman–Crippen LogP) is 3.09. The molecule has 0 heterocycles. The Hall–Kier alpha value is -2.73. The highest BCUT2D eigenvalue weighted by atomic mass is 35.5. The minimum atomic E-state index is -0.546. The lowest BCUT2D eigenvalue weighted by Gasteiger charge is -2.13. The van der Waals surface area contributed by atoms with E-state index in [0.717, 1.165) is 11.1 Å². The van der Waals surface area contributed by atoms with Crippen LogP contribution in [0.25, 0.3) is 0 Å². The van der Waals surface area contributed by atoms with Gasteiger partial charge in [0.1, 0.15) is 5.75 Å². The number of hydrogen-bond donors (Lipinski definition) is 3. The summed E-state index contributed by atoms with van der Waals surface area (Å²) in [5.41, 5.74) is 2.43. The zero-order chi connectivity index (χ0) is 18.2. The predicted molar refractivity (Wildman–Crippen MR) is 98.1 cm³/mol. The van der Waals surface area contributed by atoms with Crippen molar-refractivity contribution >= 4 is 29.2 Å². The van der Waals surface area contributed by atoms with Crippen LogP contribution in [0.3, 0.4) is 0 Å². The largest absolute Gasteiger partial charge is 0.495 e. The first-order chi connectivity index (χ1) is 12.0. The molecule has 25 heavy (non-hydrogen) atoms. The number of amides is 3. The first kappa shape index (κ1) is 18.6. The van der Waals surface area contributed by atoms with Crippen LogP contribution in [0.5, 0.6) is 5.75 Å². The summed E-state index contributed by atoms with van der Waals surface area (Å²) in [5.74, 6) is 0.0668. The first-order valence-electron chi connectivity index (χ1n) is 7.69. The molecule has 3 amide bonds. The van der Waals surface area contributed by atoms with Gasteiger partial charge in [0.15, 0.2) is 0 Å². The van der Waals surface area contributed by atoms with Gasteiger partial charge in [-0.25, -0.2) is 4.79 Å². The molecule has 6 nitrogen and oxygen atoms in total. The standard InChI is InChI=1S/C18H20ClN3O3/c1-12-8-15(16(25-2)9-14(12)19)20-11-17(23)22-18(24)21-10-13-6-4-3-5-7-13/h3-9,20H,10-11H2,1-2H3,(H2,21,22,23,24). The Balaban J connectivity index is 1.82. The lowest BCUT2D eigenvalue weighted by atomic mass is 10.2. The van der Waals surface area contributed by atoms with Crippen molar-refractivity contribution in [2.75, 3.05) is 19.0 Å². The molecule has 0 aliphatic rings.